The number of urea groups is 1. The second kappa shape index (κ2) is 28.8. The first kappa shape index (κ1) is 47.7. The highest BCUT2D eigenvalue weighted by atomic mass is 16.2. The lowest BCUT2D eigenvalue weighted by Crippen LogP contribution is -2.35. The Hall–Kier alpha value is -3.50. The Bertz CT molecular complexity index is 1450. The summed E-state index contributed by atoms with van der Waals surface area (Å²) in [5.41, 5.74) is 0.0895. The fraction of sp³-hybridized carbons (Fsp3) is 0.773. The Kier molecular flexibility index (Phi) is 25.0. The van der Waals surface area contributed by atoms with E-state index in [9.17, 15) is 19.2 Å². The van der Waals surface area contributed by atoms with E-state index in [-0.39, 0.29) is 34.8 Å². The molecule has 2 rings (SSSR count). The summed E-state index contributed by atoms with van der Waals surface area (Å²) >= 11 is 0. The van der Waals surface area contributed by atoms with Crippen molar-refractivity contribution >= 4 is 23.8 Å². The highest BCUT2D eigenvalue weighted by Crippen LogP contribution is 2.28. The first-order valence-electron chi connectivity index (χ1n) is 22.1. The SMILES string of the molecule is CCCCCCCCCCCCCc1cc(=O)[nH]c(NC(=O)NCCC(C)CC(C)(C)C(=O)Nc2nc(CCCCCCCCCCCCC)cc(=O)[nH]2)n1. The Labute approximate surface area is 332 Å². The number of aromatic nitrogens is 4. The molecule has 2 aromatic heterocycles. The molecule has 1 atom stereocenters. The molecule has 0 fully saturated rings. The molecular weight excluding hydrogens is 691 g/mol. The summed E-state index contributed by atoms with van der Waals surface area (Å²) in [7, 11) is 0. The summed E-state index contributed by atoms with van der Waals surface area (Å²) in [4.78, 5) is 64.7. The van der Waals surface area contributed by atoms with Gasteiger partial charge in [-0.1, -0.05) is 163 Å². The Morgan fingerprint density at radius 3 is 1.42 bits per heavy atom. The van der Waals surface area contributed by atoms with Crippen molar-refractivity contribution in [1.29, 1.82) is 0 Å². The summed E-state index contributed by atoms with van der Waals surface area (Å²) in [6.45, 7) is 10.7. The Balaban J connectivity index is 1.66. The zero-order valence-corrected chi connectivity index (χ0v) is 35.4. The molecular formula is C44H77N7O4. The number of unbranched alkanes of at least 4 members (excludes halogenated alkanes) is 20. The van der Waals surface area contributed by atoms with Gasteiger partial charge in [0.15, 0.2) is 0 Å². The van der Waals surface area contributed by atoms with Crippen LogP contribution in [-0.2, 0) is 17.6 Å². The van der Waals surface area contributed by atoms with Gasteiger partial charge in [0.25, 0.3) is 11.1 Å². The van der Waals surface area contributed by atoms with Crippen LogP contribution in [0.5, 0.6) is 0 Å². The van der Waals surface area contributed by atoms with Gasteiger partial charge in [0, 0.05) is 35.5 Å². The number of aryl methyl sites for hydroxylation is 2. The van der Waals surface area contributed by atoms with Crippen LogP contribution in [0.25, 0.3) is 0 Å². The van der Waals surface area contributed by atoms with Crippen LogP contribution in [-0.4, -0.2) is 38.4 Å². The van der Waals surface area contributed by atoms with E-state index >= 15 is 0 Å². The van der Waals surface area contributed by atoms with Crippen molar-refractivity contribution in [3.8, 4) is 0 Å². The largest absolute Gasteiger partial charge is 0.338 e. The standard InChI is InChI=1S/C44H77N7O4/c1-6-8-10-12-14-16-18-20-22-24-26-28-36-32-38(52)48-41(46-36)50-40(54)44(4,5)34-35(3)30-31-45-43(55)51-42-47-37(33-39(53)49-42)29-27-25-23-21-19-17-15-13-11-9-7-2/h32-33,35H,6-31,34H2,1-5H3,(H2,46,48,50,52,54)(H3,45,47,49,51,53,55). The minimum atomic E-state index is -0.732. The molecule has 0 aliphatic rings. The Morgan fingerprint density at radius 1 is 0.618 bits per heavy atom. The smallest absolute Gasteiger partial charge is 0.321 e. The number of hydrogen-bond acceptors (Lipinski definition) is 6. The minimum absolute atomic E-state index is 0.118. The average Bonchev–Trinajstić information content (AvgIpc) is 3.12. The second-order valence-corrected chi connectivity index (χ2v) is 16.6. The molecule has 0 spiro atoms. The lowest BCUT2D eigenvalue weighted by Gasteiger charge is -2.26. The van der Waals surface area contributed by atoms with Crippen molar-refractivity contribution in [1.82, 2.24) is 25.3 Å². The lowest BCUT2D eigenvalue weighted by atomic mass is 9.81. The predicted molar refractivity (Wildman–Crippen MR) is 228 cm³/mol. The summed E-state index contributed by atoms with van der Waals surface area (Å²) in [6.07, 6.45) is 30.3. The van der Waals surface area contributed by atoms with E-state index in [0.717, 1.165) is 25.7 Å². The topological polar surface area (TPSA) is 162 Å². The molecule has 1 unspecified atom stereocenters. The van der Waals surface area contributed by atoms with Gasteiger partial charge >= 0.3 is 6.03 Å². The number of hydrogen-bond donors (Lipinski definition) is 5. The number of anilines is 2. The summed E-state index contributed by atoms with van der Waals surface area (Å²) in [5.74, 6) is 0.225. The third-order valence-electron chi connectivity index (χ3n) is 10.5. The minimum Gasteiger partial charge on any atom is -0.338 e. The van der Waals surface area contributed by atoms with Crippen molar-refractivity contribution in [2.24, 2.45) is 11.3 Å². The third-order valence-corrected chi connectivity index (χ3v) is 10.5. The molecule has 0 saturated heterocycles. The molecule has 2 heterocycles. The van der Waals surface area contributed by atoms with Gasteiger partial charge in [-0.3, -0.25) is 35.0 Å². The summed E-state index contributed by atoms with van der Waals surface area (Å²) < 4.78 is 0. The van der Waals surface area contributed by atoms with E-state index in [1.54, 1.807) is 0 Å². The highest BCUT2D eigenvalue weighted by Gasteiger charge is 2.30. The van der Waals surface area contributed by atoms with Crippen LogP contribution >= 0.6 is 0 Å². The molecule has 0 aliphatic heterocycles. The van der Waals surface area contributed by atoms with E-state index in [1.807, 2.05) is 20.8 Å². The maximum atomic E-state index is 13.3. The van der Waals surface area contributed by atoms with Gasteiger partial charge in [-0.15, -0.1) is 0 Å². The molecule has 5 N–H and O–H groups in total. The summed E-state index contributed by atoms with van der Waals surface area (Å²) in [6, 6.07) is 2.58. The molecule has 0 aliphatic carbocycles. The molecule has 11 heteroatoms. The number of nitrogens with zero attached hydrogens (tertiary/aromatic N) is 2. The Morgan fingerprint density at radius 2 is 1.00 bits per heavy atom. The van der Waals surface area contributed by atoms with E-state index in [2.05, 4.69) is 49.7 Å². The lowest BCUT2D eigenvalue weighted by molar-refractivity contribution is -0.124. The van der Waals surface area contributed by atoms with Gasteiger partial charge in [0.2, 0.25) is 17.8 Å². The quantitative estimate of drug-likeness (QED) is 0.0466. The van der Waals surface area contributed by atoms with Gasteiger partial charge in [0.1, 0.15) is 0 Å². The number of carbonyl (C=O) groups is 2. The van der Waals surface area contributed by atoms with Crippen LogP contribution < -0.4 is 27.1 Å². The molecule has 0 radical (unpaired) electrons. The van der Waals surface area contributed by atoms with E-state index in [4.69, 9.17) is 0 Å². The van der Waals surface area contributed by atoms with Crippen molar-refractivity contribution in [3.63, 3.8) is 0 Å². The molecule has 55 heavy (non-hydrogen) atoms. The van der Waals surface area contributed by atoms with Gasteiger partial charge in [-0.25, -0.2) is 14.8 Å². The third kappa shape index (κ3) is 23.2. The van der Waals surface area contributed by atoms with Gasteiger partial charge in [0.05, 0.1) is 0 Å². The van der Waals surface area contributed by atoms with Crippen LogP contribution in [0.3, 0.4) is 0 Å². The van der Waals surface area contributed by atoms with Crippen molar-refractivity contribution < 1.29 is 9.59 Å². The fourth-order valence-electron chi connectivity index (χ4n) is 7.26. The van der Waals surface area contributed by atoms with Crippen molar-refractivity contribution in [2.45, 2.75) is 202 Å². The van der Waals surface area contributed by atoms with E-state index in [1.165, 1.54) is 128 Å². The number of aromatic amines is 2. The van der Waals surface area contributed by atoms with Crippen LogP contribution in [0.2, 0.25) is 0 Å². The van der Waals surface area contributed by atoms with Crippen LogP contribution in [0.15, 0.2) is 21.7 Å². The number of carbonyl (C=O) groups excluding carboxylic acids is 2. The maximum Gasteiger partial charge on any atom is 0.321 e. The van der Waals surface area contributed by atoms with Gasteiger partial charge in [-0.2, -0.15) is 0 Å². The van der Waals surface area contributed by atoms with Gasteiger partial charge < -0.3 is 5.32 Å². The molecule has 2 aromatic rings. The second-order valence-electron chi connectivity index (χ2n) is 16.6. The van der Waals surface area contributed by atoms with Crippen LogP contribution in [0, 0.1) is 11.3 Å². The van der Waals surface area contributed by atoms with Crippen molar-refractivity contribution in [3.05, 3.63) is 44.2 Å². The normalized spacial score (nSPS) is 12.1. The van der Waals surface area contributed by atoms with E-state index < -0.39 is 11.4 Å². The first-order valence-corrected chi connectivity index (χ1v) is 22.1. The average molecular weight is 768 g/mol. The maximum absolute atomic E-state index is 13.3. The zero-order valence-electron chi connectivity index (χ0n) is 35.4. The number of nitrogens with one attached hydrogen (secondary N) is 5. The van der Waals surface area contributed by atoms with Crippen LogP contribution in [0.1, 0.15) is 200 Å². The summed E-state index contributed by atoms with van der Waals surface area (Å²) in [5, 5.41) is 8.33. The molecule has 0 saturated carbocycles. The van der Waals surface area contributed by atoms with Crippen molar-refractivity contribution in [2.75, 3.05) is 17.2 Å². The van der Waals surface area contributed by atoms with E-state index in [0.29, 0.717) is 43.6 Å². The molecule has 3 amide bonds. The first-order chi connectivity index (χ1) is 26.5. The molecule has 312 valence electrons. The number of amides is 3. The highest BCUT2D eigenvalue weighted by molar-refractivity contribution is 5.93. The van der Waals surface area contributed by atoms with Crippen LogP contribution in [0.4, 0.5) is 16.7 Å². The molecule has 11 nitrogen and oxygen atoms in total. The number of H-pyrrole nitrogens is 2. The fourth-order valence-corrected chi connectivity index (χ4v) is 7.26. The van der Waals surface area contributed by atoms with Gasteiger partial charge in [-0.05, 0) is 44.4 Å². The monoisotopic (exact) mass is 768 g/mol. The molecule has 0 aromatic carbocycles. The molecule has 0 bridgehead atoms. The predicted octanol–water partition coefficient (Wildman–Crippen LogP) is 10.8. The number of rotatable bonds is 32. The zero-order chi connectivity index (χ0) is 40.2.